The number of methoxy groups -OCH3 is 2. The van der Waals surface area contributed by atoms with Crippen molar-refractivity contribution in [1.29, 1.82) is 0 Å². The predicted octanol–water partition coefficient (Wildman–Crippen LogP) is 0.850. The van der Waals surface area contributed by atoms with Gasteiger partial charge in [-0.3, -0.25) is 4.90 Å². The summed E-state index contributed by atoms with van der Waals surface area (Å²) in [6, 6.07) is 1.04. The fraction of sp³-hybridized carbons (Fsp3) is 1.00. The van der Waals surface area contributed by atoms with Crippen molar-refractivity contribution in [2.75, 3.05) is 33.9 Å². The number of piperidine rings is 1. The predicted molar refractivity (Wildman–Crippen MR) is 68.0 cm³/mol. The third kappa shape index (κ3) is 3.19. The van der Waals surface area contributed by atoms with Crippen molar-refractivity contribution >= 4 is 0 Å². The maximum absolute atomic E-state index is 5.93. The van der Waals surface area contributed by atoms with E-state index >= 15 is 0 Å². The van der Waals surface area contributed by atoms with Gasteiger partial charge in [0.15, 0.2) is 0 Å². The molecular weight excluding hydrogens is 216 g/mol. The Morgan fingerprint density at radius 1 is 1.29 bits per heavy atom. The fourth-order valence-electron chi connectivity index (χ4n) is 3.07. The lowest BCUT2D eigenvalue weighted by Gasteiger charge is -2.43. The van der Waals surface area contributed by atoms with E-state index in [1.807, 2.05) is 0 Å². The Hall–Kier alpha value is -0.160. The van der Waals surface area contributed by atoms with Crippen LogP contribution in [0.2, 0.25) is 0 Å². The number of ether oxygens (including phenoxy) is 2. The number of rotatable bonds is 6. The van der Waals surface area contributed by atoms with E-state index in [-0.39, 0.29) is 0 Å². The minimum absolute atomic E-state index is 0.391. The van der Waals surface area contributed by atoms with Crippen LogP contribution in [0.5, 0.6) is 0 Å². The monoisotopic (exact) mass is 242 g/mol. The number of likely N-dealkylation sites (tertiary alicyclic amines) is 1. The highest BCUT2D eigenvalue weighted by Crippen LogP contribution is 2.37. The molecule has 1 saturated carbocycles. The Kier molecular flexibility index (Phi) is 4.79. The van der Waals surface area contributed by atoms with Crippen LogP contribution in [0.4, 0.5) is 0 Å². The topological polar surface area (TPSA) is 47.7 Å². The third-order valence-electron chi connectivity index (χ3n) is 4.25. The van der Waals surface area contributed by atoms with E-state index < -0.39 is 0 Å². The van der Waals surface area contributed by atoms with Gasteiger partial charge in [0.25, 0.3) is 0 Å². The molecule has 1 saturated heterocycles. The zero-order chi connectivity index (χ0) is 12.3. The Balaban J connectivity index is 1.97. The Bertz CT molecular complexity index is 233. The summed E-state index contributed by atoms with van der Waals surface area (Å²) in [7, 11) is 3.61. The zero-order valence-electron chi connectivity index (χ0n) is 11.1. The Morgan fingerprint density at radius 3 is 2.59 bits per heavy atom. The van der Waals surface area contributed by atoms with Crippen LogP contribution in [-0.2, 0) is 9.47 Å². The molecule has 2 N–H and O–H groups in total. The molecule has 0 aromatic heterocycles. The molecule has 2 fully saturated rings. The lowest BCUT2D eigenvalue weighted by atomic mass is 9.96. The first-order chi connectivity index (χ1) is 8.30. The second-order valence-electron chi connectivity index (χ2n) is 5.37. The summed E-state index contributed by atoms with van der Waals surface area (Å²) in [5, 5.41) is 0. The molecule has 100 valence electrons. The normalized spacial score (nSPS) is 32.6. The van der Waals surface area contributed by atoms with Crippen LogP contribution in [-0.4, -0.2) is 57.0 Å². The van der Waals surface area contributed by atoms with Crippen molar-refractivity contribution in [3.05, 3.63) is 0 Å². The van der Waals surface area contributed by atoms with Crippen LogP contribution >= 0.6 is 0 Å². The molecule has 4 heteroatoms. The SMILES string of the molecule is COCC(C1CC1)N1CCC(OC)CC1CN. The first-order valence-corrected chi connectivity index (χ1v) is 6.77. The molecule has 2 aliphatic rings. The van der Waals surface area contributed by atoms with E-state index in [9.17, 15) is 0 Å². The molecule has 17 heavy (non-hydrogen) atoms. The molecule has 1 heterocycles. The molecule has 0 aromatic carbocycles. The van der Waals surface area contributed by atoms with Crippen molar-refractivity contribution in [3.63, 3.8) is 0 Å². The van der Waals surface area contributed by atoms with Gasteiger partial charge in [0.1, 0.15) is 0 Å². The van der Waals surface area contributed by atoms with Crippen LogP contribution in [0.3, 0.4) is 0 Å². The van der Waals surface area contributed by atoms with E-state index in [2.05, 4.69) is 4.90 Å². The molecule has 0 radical (unpaired) electrons. The second kappa shape index (κ2) is 6.14. The quantitative estimate of drug-likeness (QED) is 0.750. The molecule has 2 rings (SSSR count). The number of hydrogen-bond acceptors (Lipinski definition) is 4. The van der Waals surface area contributed by atoms with E-state index in [1.54, 1.807) is 14.2 Å². The molecule has 0 amide bonds. The first-order valence-electron chi connectivity index (χ1n) is 6.77. The molecule has 4 nitrogen and oxygen atoms in total. The zero-order valence-corrected chi connectivity index (χ0v) is 11.1. The minimum Gasteiger partial charge on any atom is -0.383 e. The fourth-order valence-corrected chi connectivity index (χ4v) is 3.07. The van der Waals surface area contributed by atoms with Gasteiger partial charge in [-0.05, 0) is 31.6 Å². The largest absolute Gasteiger partial charge is 0.383 e. The molecule has 3 atom stereocenters. The van der Waals surface area contributed by atoms with Crippen molar-refractivity contribution < 1.29 is 9.47 Å². The van der Waals surface area contributed by atoms with Gasteiger partial charge < -0.3 is 15.2 Å². The molecule has 0 aromatic rings. The van der Waals surface area contributed by atoms with Gasteiger partial charge >= 0.3 is 0 Å². The summed E-state index contributed by atoms with van der Waals surface area (Å²) in [4.78, 5) is 2.58. The smallest absolute Gasteiger partial charge is 0.0620 e. The molecule has 1 aliphatic carbocycles. The molecule has 1 aliphatic heterocycles. The molecule has 3 unspecified atom stereocenters. The highest BCUT2D eigenvalue weighted by Gasteiger charge is 2.40. The molecule has 0 spiro atoms. The number of nitrogens with zero attached hydrogens (tertiary/aromatic N) is 1. The van der Waals surface area contributed by atoms with Crippen LogP contribution in [0.1, 0.15) is 25.7 Å². The molecule has 0 bridgehead atoms. The summed E-state index contributed by atoms with van der Waals surface area (Å²) in [6.07, 6.45) is 5.30. The van der Waals surface area contributed by atoms with Gasteiger partial charge in [0, 0.05) is 39.4 Å². The van der Waals surface area contributed by atoms with Gasteiger partial charge in [0.05, 0.1) is 12.7 Å². The molecular formula is C13H26N2O2. The third-order valence-corrected chi connectivity index (χ3v) is 4.25. The van der Waals surface area contributed by atoms with Crippen molar-refractivity contribution in [3.8, 4) is 0 Å². The van der Waals surface area contributed by atoms with E-state index in [0.717, 1.165) is 38.5 Å². The lowest BCUT2D eigenvalue weighted by molar-refractivity contribution is -0.0253. The van der Waals surface area contributed by atoms with E-state index in [4.69, 9.17) is 15.2 Å². The van der Waals surface area contributed by atoms with E-state index in [0.29, 0.717) is 18.2 Å². The average Bonchev–Trinajstić information content (AvgIpc) is 3.19. The second-order valence-corrected chi connectivity index (χ2v) is 5.37. The van der Waals surface area contributed by atoms with Gasteiger partial charge in [-0.2, -0.15) is 0 Å². The summed E-state index contributed by atoms with van der Waals surface area (Å²) >= 11 is 0. The number of hydrogen-bond donors (Lipinski definition) is 1. The number of nitrogens with two attached hydrogens (primary N) is 1. The van der Waals surface area contributed by atoms with Crippen LogP contribution in [0.25, 0.3) is 0 Å². The summed E-state index contributed by atoms with van der Waals surface area (Å²) in [6.45, 7) is 2.68. The van der Waals surface area contributed by atoms with Gasteiger partial charge in [-0.25, -0.2) is 0 Å². The summed E-state index contributed by atoms with van der Waals surface area (Å²) < 4.78 is 10.9. The Morgan fingerprint density at radius 2 is 2.06 bits per heavy atom. The lowest BCUT2D eigenvalue weighted by Crippen LogP contribution is -2.54. The summed E-state index contributed by atoms with van der Waals surface area (Å²) in [5.74, 6) is 0.836. The van der Waals surface area contributed by atoms with E-state index in [1.165, 1.54) is 12.8 Å². The van der Waals surface area contributed by atoms with Crippen LogP contribution < -0.4 is 5.73 Å². The Labute approximate surface area is 104 Å². The first kappa shape index (κ1) is 13.3. The van der Waals surface area contributed by atoms with Crippen LogP contribution in [0.15, 0.2) is 0 Å². The minimum atomic E-state index is 0.391. The van der Waals surface area contributed by atoms with Crippen molar-refractivity contribution in [2.24, 2.45) is 11.7 Å². The van der Waals surface area contributed by atoms with Gasteiger partial charge in [-0.15, -0.1) is 0 Å². The van der Waals surface area contributed by atoms with Crippen molar-refractivity contribution in [2.45, 2.75) is 43.9 Å². The van der Waals surface area contributed by atoms with Crippen molar-refractivity contribution in [1.82, 2.24) is 4.90 Å². The van der Waals surface area contributed by atoms with Crippen LogP contribution in [0, 0.1) is 5.92 Å². The maximum Gasteiger partial charge on any atom is 0.0620 e. The average molecular weight is 242 g/mol. The maximum atomic E-state index is 5.93. The van der Waals surface area contributed by atoms with Gasteiger partial charge in [0.2, 0.25) is 0 Å². The highest BCUT2D eigenvalue weighted by molar-refractivity contribution is 4.94. The van der Waals surface area contributed by atoms with Gasteiger partial charge in [-0.1, -0.05) is 0 Å². The summed E-state index contributed by atoms with van der Waals surface area (Å²) in [5.41, 5.74) is 5.93. The highest BCUT2D eigenvalue weighted by atomic mass is 16.5. The standard InChI is InChI=1S/C13H26N2O2/c1-16-9-13(10-3-4-10)15-6-5-12(17-2)7-11(15)8-14/h10-13H,3-9,14H2,1-2H3.